The van der Waals surface area contributed by atoms with Crippen molar-refractivity contribution in [3.63, 3.8) is 0 Å². The van der Waals surface area contributed by atoms with Crippen LogP contribution in [0, 0.1) is 0 Å². The zero-order chi connectivity index (χ0) is 29.0. The molecule has 0 aromatic heterocycles. The van der Waals surface area contributed by atoms with Crippen molar-refractivity contribution < 1.29 is 33.3 Å². The lowest BCUT2D eigenvalue weighted by Gasteiger charge is -2.29. The first kappa shape index (κ1) is 33.3. The van der Waals surface area contributed by atoms with E-state index in [2.05, 4.69) is 5.32 Å². The smallest absolute Gasteiger partial charge is 0.255 e. The van der Waals surface area contributed by atoms with Crippen molar-refractivity contribution in [1.82, 2.24) is 10.2 Å². The molecule has 2 unspecified atom stereocenters. The predicted octanol–water partition coefficient (Wildman–Crippen LogP) is 3.94. The first-order valence-corrected chi connectivity index (χ1v) is 14.5. The van der Waals surface area contributed by atoms with Gasteiger partial charge < -0.3 is 29.6 Å². The van der Waals surface area contributed by atoms with Gasteiger partial charge in [0.05, 0.1) is 13.2 Å². The van der Waals surface area contributed by atoms with E-state index in [0.717, 1.165) is 49.2 Å². The molecule has 10 nitrogen and oxygen atoms in total. The van der Waals surface area contributed by atoms with E-state index in [1.54, 1.807) is 12.1 Å². The maximum atomic E-state index is 12.8. The Hall–Kier alpha value is -3.18. The number of hydrogen-bond donors (Lipinski definition) is 2. The molecule has 0 spiro atoms. The number of rotatable bonds is 17. The summed E-state index contributed by atoms with van der Waals surface area (Å²) in [5.74, 6) is 0.610. The molecular formula is C31H42ClN3O7. The molecule has 42 heavy (non-hydrogen) atoms. The summed E-state index contributed by atoms with van der Waals surface area (Å²) in [6, 6.07) is 12.6. The number of imide groups is 1. The predicted molar refractivity (Wildman–Crippen MR) is 160 cm³/mol. The molecule has 4 rings (SSSR count). The number of halogens is 1. The second-order valence-corrected chi connectivity index (χ2v) is 10.4. The van der Waals surface area contributed by atoms with E-state index in [9.17, 15) is 14.4 Å². The van der Waals surface area contributed by atoms with Crippen LogP contribution in [0.15, 0.2) is 42.5 Å². The molecule has 230 valence electrons. The third-order valence-electron chi connectivity index (χ3n) is 7.15. The van der Waals surface area contributed by atoms with Gasteiger partial charge in [-0.15, -0.1) is 12.4 Å². The number of benzene rings is 2. The van der Waals surface area contributed by atoms with Gasteiger partial charge in [-0.05, 0) is 80.5 Å². The molecule has 1 saturated heterocycles. The highest BCUT2D eigenvalue weighted by atomic mass is 35.5. The van der Waals surface area contributed by atoms with Crippen LogP contribution in [0.25, 0.3) is 0 Å². The van der Waals surface area contributed by atoms with E-state index >= 15 is 0 Å². The van der Waals surface area contributed by atoms with Crippen molar-refractivity contribution in [3.05, 3.63) is 59.2 Å². The fourth-order valence-electron chi connectivity index (χ4n) is 4.89. The topological polar surface area (TPSA) is 129 Å². The number of unbranched alkanes of at least 4 members (excludes halogenated alkanes) is 2. The van der Waals surface area contributed by atoms with Crippen LogP contribution < -0.4 is 20.5 Å². The number of carbonyl (C=O) groups is 3. The summed E-state index contributed by atoms with van der Waals surface area (Å²) in [7, 11) is 0. The largest absolute Gasteiger partial charge is 0.494 e. The Morgan fingerprint density at radius 3 is 2.38 bits per heavy atom. The zero-order valence-electron chi connectivity index (χ0n) is 24.2. The summed E-state index contributed by atoms with van der Waals surface area (Å²) in [5, 5.41) is 2.32. The summed E-state index contributed by atoms with van der Waals surface area (Å²) >= 11 is 0. The first-order chi connectivity index (χ1) is 19.9. The van der Waals surface area contributed by atoms with Gasteiger partial charge in [0.15, 0.2) is 0 Å². The number of piperidine rings is 1. The molecule has 3 amide bonds. The minimum Gasteiger partial charge on any atom is -0.494 e. The Kier molecular flexibility index (Phi) is 13.5. The van der Waals surface area contributed by atoms with E-state index in [1.165, 1.54) is 4.90 Å². The highest BCUT2D eigenvalue weighted by Gasteiger charge is 2.39. The number of carbonyl (C=O) groups excluding carboxylic acids is 3. The molecule has 2 atom stereocenters. The van der Waals surface area contributed by atoms with Crippen LogP contribution >= 0.6 is 12.4 Å². The molecule has 0 radical (unpaired) electrons. The maximum absolute atomic E-state index is 12.8. The lowest BCUT2D eigenvalue weighted by atomic mass is 10.0. The molecule has 3 N–H and O–H groups in total. The third kappa shape index (κ3) is 9.69. The summed E-state index contributed by atoms with van der Waals surface area (Å²) in [6.07, 6.45) is 4.42. The van der Waals surface area contributed by atoms with Crippen LogP contribution in [0.2, 0.25) is 0 Å². The number of amides is 3. The standard InChI is InChI=1S/C31H41N3O7.ClH/c1-22(32)23-7-5-8-25(19-23)40-16-4-2-3-13-38-14-6-15-39-17-18-41-26-9-10-27-24(20-26)21-34(31(27)37)28-11-12-29(35)33-30(28)36;/h5,7-10,19-20,22,28H,2-4,6,11-18,21,32H2,1H3,(H,33,35,36);1H. The third-order valence-corrected chi connectivity index (χ3v) is 7.15. The quantitative estimate of drug-likeness (QED) is 0.205. The number of ether oxygens (including phenoxy) is 4. The van der Waals surface area contributed by atoms with Crippen LogP contribution in [0.4, 0.5) is 0 Å². The number of nitrogens with one attached hydrogen (secondary N) is 1. The Bertz CT molecular complexity index is 1190. The van der Waals surface area contributed by atoms with Gasteiger partial charge in [0.25, 0.3) is 5.91 Å². The maximum Gasteiger partial charge on any atom is 0.255 e. The molecule has 1 fully saturated rings. The second kappa shape index (κ2) is 17.1. The van der Waals surface area contributed by atoms with Crippen molar-refractivity contribution in [2.75, 3.05) is 39.6 Å². The van der Waals surface area contributed by atoms with Gasteiger partial charge in [-0.3, -0.25) is 19.7 Å². The average molecular weight is 604 g/mol. The normalized spacial score (nSPS) is 17.0. The lowest BCUT2D eigenvalue weighted by molar-refractivity contribution is -0.136. The average Bonchev–Trinajstić information content (AvgIpc) is 3.28. The van der Waals surface area contributed by atoms with Crippen molar-refractivity contribution >= 4 is 30.1 Å². The summed E-state index contributed by atoms with van der Waals surface area (Å²) in [4.78, 5) is 37.9. The number of hydrogen-bond acceptors (Lipinski definition) is 8. The Morgan fingerprint density at radius 2 is 1.60 bits per heavy atom. The number of nitrogens with two attached hydrogens (primary N) is 1. The zero-order valence-corrected chi connectivity index (χ0v) is 25.0. The van der Waals surface area contributed by atoms with E-state index < -0.39 is 11.9 Å². The summed E-state index contributed by atoms with van der Waals surface area (Å²) < 4.78 is 22.9. The highest BCUT2D eigenvalue weighted by molar-refractivity contribution is 6.05. The molecule has 2 aliphatic rings. The van der Waals surface area contributed by atoms with E-state index in [-0.39, 0.29) is 36.7 Å². The second-order valence-electron chi connectivity index (χ2n) is 10.4. The van der Waals surface area contributed by atoms with E-state index in [1.807, 2.05) is 37.3 Å². The van der Waals surface area contributed by atoms with Crippen molar-refractivity contribution in [3.8, 4) is 11.5 Å². The monoisotopic (exact) mass is 603 g/mol. The number of fused-ring (bicyclic) bond motifs is 1. The Morgan fingerprint density at radius 1 is 0.881 bits per heavy atom. The van der Waals surface area contributed by atoms with Gasteiger partial charge in [0.2, 0.25) is 11.8 Å². The molecule has 11 heteroatoms. The van der Waals surface area contributed by atoms with Gasteiger partial charge in [0, 0.05) is 44.4 Å². The van der Waals surface area contributed by atoms with Crippen LogP contribution in [0.5, 0.6) is 11.5 Å². The van der Waals surface area contributed by atoms with Crippen LogP contribution in [-0.2, 0) is 25.6 Å². The van der Waals surface area contributed by atoms with Gasteiger partial charge in [0.1, 0.15) is 24.1 Å². The Balaban J connectivity index is 0.00000484. The van der Waals surface area contributed by atoms with Gasteiger partial charge in [-0.25, -0.2) is 0 Å². The fourth-order valence-corrected chi connectivity index (χ4v) is 4.89. The number of nitrogens with zero attached hydrogens (tertiary/aromatic N) is 1. The van der Waals surface area contributed by atoms with Crippen LogP contribution in [0.3, 0.4) is 0 Å². The van der Waals surface area contributed by atoms with Crippen molar-refractivity contribution in [1.29, 1.82) is 0 Å². The van der Waals surface area contributed by atoms with Crippen molar-refractivity contribution in [2.24, 2.45) is 5.73 Å². The molecule has 2 heterocycles. The molecule has 0 saturated carbocycles. The molecule has 2 aliphatic heterocycles. The summed E-state index contributed by atoms with van der Waals surface area (Å²) in [6.45, 7) is 5.79. The Labute approximate surface area is 253 Å². The minimum atomic E-state index is -0.621. The minimum absolute atomic E-state index is 0. The molecule has 2 aromatic carbocycles. The van der Waals surface area contributed by atoms with Crippen LogP contribution in [-0.4, -0.2) is 68.3 Å². The highest BCUT2D eigenvalue weighted by Crippen LogP contribution is 2.30. The van der Waals surface area contributed by atoms with Gasteiger partial charge in [-0.2, -0.15) is 0 Å². The first-order valence-electron chi connectivity index (χ1n) is 14.5. The van der Waals surface area contributed by atoms with Gasteiger partial charge in [-0.1, -0.05) is 12.1 Å². The fraction of sp³-hybridized carbons (Fsp3) is 0.516. The molecular weight excluding hydrogens is 562 g/mol. The van der Waals surface area contributed by atoms with Gasteiger partial charge >= 0.3 is 0 Å². The molecule has 0 bridgehead atoms. The molecule has 0 aliphatic carbocycles. The summed E-state index contributed by atoms with van der Waals surface area (Å²) in [5.41, 5.74) is 8.37. The van der Waals surface area contributed by atoms with E-state index in [4.69, 9.17) is 24.7 Å². The molecule has 2 aromatic rings. The van der Waals surface area contributed by atoms with Crippen molar-refractivity contribution in [2.45, 2.75) is 64.1 Å². The van der Waals surface area contributed by atoms with Crippen LogP contribution in [0.1, 0.15) is 73.0 Å². The SMILES string of the molecule is CC(N)c1cccc(OCCCCCOCCCOCCOc2ccc3c(c2)CN(C2CCC(=O)NC2=O)C3=O)c1.Cl. The van der Waals surface area contributed by atoms with E-state index in [0.29, 0.717) is 57.3 Å². The lowest BCUT2D eigenvalue weighted by Crippen LogP contribution is -2.52.